The van der Waals surface area contributed by atoms with Gasteiger partial charge in [-0.25, -0.2) is 0 Å². The molecule has 1 atom stereocenters. The first kappa shape index (κ1) is 6.90. The highest BCUT2D eigenvalue weighted by Gasteiger charge is 2.21. The molecule has 0 spiro atoms. The van der Waals surface area contributed by atoms with E-state index in [1.807, 2.05) is 16.2 Å². The van der Waals surface area contributed by atoms with E-state index in [0.29, 0.717) is 0 Å². The second kappa shape index (κ2) is 3.75. The van der Waals surface area contributed by atoms with Gasteiger partial charge in [-0.05, 0) is 5.41 Å². The molecule has 1 aliphatic heterocycles. The molecule has 0 bridgehead atoms. The summed E-state index contributed by atoms with van der Waals surface area (Å²) in [5, 5.41) is 2.85. The Kier molecular flexibility index (Phi) is 3.23. The minimum absolute atomic E-state index is 0.965. The molecule has 0 aromatic heterocycles. The first-order chi connectivity index (χ1) is 3.93. The van der Waals surface area contributed by atoms with E-state index in [2.05, 4.69) is 18.3 Å². The quantitative estimate of drug-likeness (QED) is 0.356. The second-order valence-corrected chi connectivity index (χ2v) is 5.22. The molecule has 1 fully saturated rings. The number of hydrogen-bond donors (Lipinski definition) is 0. The van der Waals surface area contributed by atoms with Crippen LogP contribution in [0.2, 0.25) is 0 Å². The van der Waals surface area contributed by atoms with Gasteiger partial charge in [0, 0.05) is 16.8 Å². The third-order valence-electron chi connectivity index (χ3n) is 0.792. The summed E-state index contributed by atoms with van der Waals surface area (Å²) in [7, 11) is 3.65. The Morgan fingerprint density at radius 2 is 2.62 bits per heavy atom. The molecule has 0 aromatic rings. The summed E-state index contributed by atoms with van der Waals surface area (Å²) in [5.41, 5.74) is 0. The van der Waals surface area contributed by atoms with Crippen molar-refractivity contribution in [2.24, 2.45) is 0 Å². The predicted molar refractivity (Wildman–Crippen MR) is 46.5 cm³/mol. The summed E-state index contributed by atoms with van der Waals surface area (Å²) >= 11 is 2.05. The Balaban J connectivity index is 1.80. The molecule has 1 aliphatic rings. The van der Waals surface area contributed by atoms with Crippen molar-refractivity contribution in [2.75, 3.05) is 11.5 Å². The van der Waals surface area contributed by atoms with Gasteiger partial charge in [-0.3, -0.25) is 0 Å². The molecular formula is C5H8S3. The minimum Gasteiger partial charge on any atom is -0.156 e. The van der Waals surface area contributed by atoms with Crippen LogP contribution in [0.15, 0.2) is 12.0 Å². The van der Waals surface area contributed by atoms with Gasteiger partial charge < -0.3 is 0 Å². The highest BCUT2D eigenvalue weighted by molar-refractivity contribution is 8.77. The summed E-state index contributed by atoms with van der Waals surface area (Å²) < 4.78 is 0. The summed E-state index contributed by atoms with van der Waals surface area (Å²) in [4.78, 5) is 0. The number of rotatable bonds is 4. The molecule has 0 nitrogen and oxygen atoms in total. The van der Waals surface area contributed by atoms with E-state index >= 15 is 0 Å². The topological polar surface area (TPSA) is 0 Å². The van der Waals surface area contributed by atoms with Crippen LogP contribution in [0.25, 0.3) is 0 Å². The van der Waals surface area contributed by atoms with Crippen molar-refractivity contribution in [2.45, 2.75) is 5.25 Å². The molecule has 0 amide bonds. The average molecular weight is 164 g/mol. The highest BCUT2D eigenvalue weighted by Crippen LogP contribution is 2.36. The number of thioether (sulfide) groups is 1. The highest BCUT2D eigenvalue weighted by atomic mass is 33.1. The van der Waals surface area contributed by atoms with Crippen LogP contribution in [-0.4, -0.2) is 16.8 Å². The molecule has 1 unspecified atom stereocenters. The lowest BCUT2D eigenvalue weighted by atomic mass is 10.6. The predicted octanol–water partition coefficient (Wildman–Crippen LogP) is 2.63. The van der Waals surface area contributed by atoms with E-state index in [-0.39, 0.29) is 0 Å². The van der Waals surface area contributed by atoms with Gasteiger partial charge in [0.1, 0.15) is 0 Å². The zero-order valence-electron chi connectivity index (χ0n) is 4.50. The Morgan fingerprint density at radius 1 is 1.88 bits per heavy atom. The minimum atomic E-state index is 0.965. The summed E-state index contributed by atoms with van der Waals surface area (Å²) in [6.45, 7) is 3.61. The van der Waals surface area contributed by atoms with Crippen LogP contribution in [0.5, 0.6) is 0 Å². The van der Waals surface area contributed by atoms with Gasteiger partial charge in [0.05, 0.1) is 0 Å². The van der Waals surface area contributed by atoms with Crippen molar-refractivity contribution in [3.63, 3.8) is 0 Å². The van der Waals surface area contributed by atoms with E-state index in [4.69, 9.17) is 0 Å². The van der Waals surface area contributed by atoms with Crippen LogP contribution in [0.1, 0.15) is 0 Å². The molecule has 0 aromatic carbocycles. The largest absolute Gasteiger partial charge is 0.156 e. The lowest BCUT2D eigenvalue weighted by molar-refractivity contribution is 1.28. The fourth-order valence-electron chi connectivity index (χ4n) is 0.328. The molecule has 0 radical (unpaired) electrons. The van der Waals surface area contributed by atoms with Crippen LogP contribution in [0.4, 0.5) is 0 Å². The molecule has 0 N–H and O–H groups in total. The van der Waals surface area contributed by atoms with Gasteiger partial charge >= 0.3 is 0 Å². The zero-order chi connectivity index (χ0) is 5.82. The molecule has 3 heteroatoms. The van der Waals surface area contributed by atoms with Gasteiger partial charge in [0.2, 0.25) is 0 Å². The van der Waals surface area contributed by atoms with Gasteiger partial charge in [-0.2, -0.15) is 11.8 Å². The zero-order valence-corrected chi connectivity index (χ0v) is 6.95. The molecule has 0 aliphatic carbocycles. The molecule has 46 valence electrons. The SMILES string of the molecule is C=CSSCC1CS1. The van der Waals surface area contributed by atoms with Crippen LogP contribution < -0.4 is 0 Å². The Labute approximate surface area is 62.3 Å². The monoisotopic (exact) mass is 164 g/mol. The van der Waals surface area contributed by atoms with Crippen LogP contribution in [-0.2, 0) is 0 Å². The van der Waals surface area contributed by atoms with E-state index in [1.54, 1.807) is 10.8 Å². The normalized spacial score (nSPS) is 25.2. The lowest BCUT2D eigenvalue weighted by Crippen LogP contribution is -1.82. The smallest absolute Gasteiger partial charge is 0.0237 e. The maximum Gasteiger partial charge on any atom is 0.0237 e. The van der Waals surface area contributed by atoms with E-state index in [1.165, 1.54) is 11.5 Å². The Bertz CT molecular complexity index is 77.7. The van der Waals surface area contributed by atoms with Gasteiger partial charge in [0.15, 0.2) is 0 Å². The van der Waals surface area contributed by atoms with Crippen molar-refractivity contribution in [1.29, 1.82) is 0 Å². The van der Waals surface area contributed by atoms with Crippen molar-refractivity contribution >= 4 is 33.3 Å². The third-order valence-corrected chi connectivity index (χ3v) is 4.01. The first-order valence-corrected chi connectivity index (χ1v) is 5.87. The van der Waals surface area contributed by atoms with Gasteiger partial charge in [-0.1, -0.05) is 28.2 Å². The maximum atomic E-state index is 3.61. The summed E-state index contributed by atoms with van der Waals surface area (Å²) in [5.74, 6) is 2.67. The molecule has 1 saturated heterocycles. The maximum absolute atomic E-state index is 3.61. The van der Waals surface area contributed by atoms with Crippen LogP contribution >= 0.6 is 33.3 Å². The Hall–Kier alpha value is 0.790. The first-order valence-electron chi connectivity index (χ1n) is 2.44. The van der Waals surface area contributed by atoms with E-state index in [9.17, 15) is 0 Å². The average Bonchev–Trinajstić information content (AvgIpc) is 2.51. The van der Waals surface area contributed by atoms with Crippen LogP contribution in [0, 0.1) is 0 Å². The van der Waals surface area contributed by atoms with Gasteiger partial charge in [-0.15, -0.1) is 0 Å². The van der Waals surface area contributed by atoms with E-state index < -0.39 is 0 Å². The number of hydrogen-bond acceptors (Lipinski definition) is 3. The standard InChI is InChI=1S/C5H8S3/c1-2-7-8-4-5-3-6-5/h2,5H,1,3-4H2. The molecule has 1 rings (SSSR count). The summed E-state index contributed by atoms with van der Waals surface area (Å²) in [6, 6.07) is 0. The molecule has 0 saturated carbocycles. The fourth-order valence-corrected chi connectivity index (χ4v) is 3.04. The van der Waals surface area contributed by atoms with Crippen molar-refractivity contribution < 1.29 is 0 Å². The molecule has 1 heterocycles. The summed E-state index contributed by atoms with van der Waals surface area (Å²) in [6.07, 6.45) is 0. The van der Waals surface area contributed by atoms with Gasteiger partial charge in [0.25, 0.3) is 0 Å². The molecule has 8 heavy (non-hydrogen) atoms. The Morgan fingerprint density at radius 3 is 3.12 bits per heavy atom. The van der Waals surface area contributed by atoms with E-state index in [0.717, 1.165) is 5.25 Å². The third kappa shape index (κ3) is 2.95. The lowest BCUT2D eigenvalue weighted by Gasteiger charge is -1.88. The van der Waals surface area contributed by atoms with Crippen molar-refractivity contribution in [3.05, 3.63) is 12.0 Å². The van der Waals surface area contributed by atoms with Crippen molar-refractivity contribution in [1.82, 2.24) is 0 Å². The van der Waals surface area contributed by atoms with Crippen LogP contribution in [0.3, 0.4) is 0 Å². The fraction of sp³-hybridized carbons (Fsp3) is 0.600. The second-order valence-electron chi connectivity index (χ2n) is 1.50. The van der Waals surface area contributed by atoms with Crippen molar-refractivity contribution in [3.8, 4) is 0 Å². The molecular weight excluding hydrogens is 156 g/mol.